The van der Waals surface area contributed by atoms with Gasteiger partial charge in [-0.2, -0.15) is 0 Å². The number of rotatable bonds is 5. The Bertz CT molecular complexity index is 445. The summed E-state index contributed by atoms with van der Waals surface area (Å²) < 4.78 is 5.35. The third-order valence-corrected chi connectivity index (χ3v) is 3.57. The predicted molar refractivity (Wildman–Crippen MR) is 68.9 cm³/mol. The van der Waals surface area contributed by atoms with Crippen LogP contribution in [0.25, 0.3) is 0 Å². The molecule has 104 valence electrons. The Labute approximate surface area is 112 Å². The number of carbonyl (C=O) groups is 1. The van der Waals surface area contributed by atoms with Crippen molar-refractivity contribution in [3.05, 3.63) is 23.8 Å². The maximum atomic E-state index is 11.0. The lowest BCUT2D eigenvalue weighted by molar-refractivity contribution is 0.0239. The van der Waals surface area contributed by atoms with Crippen LogP contribution < -0.4 is 5.32 Å². The normalized spacial score (nSPS) is 18.2. The van der Waals surface area contributed by atoms with Crippen molar-refractivity contribution >= 4 is 5.97 Å². The van der Waals surface area contributed by atoms with E-state index in [1.165, 1.54) is 12.5 Å². The molecule has 6 nitrogen and oxygen atoms in total. The number of nitrogens with one attached hydrogen (secondary N) is 1. The van der Waals surface area contributed by atoms with Gasteiger partial charge in [0.15, 0.2) is 0 Å². The minimum absolute atomic E-state index is 0.159. The van der Waals surface area contributed by atoms with E-state index < -0.39 is 5.97 Å². The molecular weight excluding hydrogens is 246 g/mol. The first-order valence-electron chi connectivity index (χ1n) is 6.41. The number of nitrogens with zero attached hydrogens (tertiary/aromatic N) is 2. The van der Waals surface area contributed by atoms with Crippen LogP contribution in [-0.4, -0.2) is 40.8 Å². The monoisotopic (exact) mass is 265 g/mol. The summed E-state index contributed by atoms with van der Waals surface area (Å²) in [4.78, 5) is 18.8. The predicted octanol–water partition coefficient (Wildman–Crippen LogP) is 1.08. The highest BCUT2D eigenvalue weighted by Crippen LogP contribution is 2.28. The highest BCUT2D eigenvalue weighted by Gasteiger charge is 2.26. The van der Waals surface area contributed by atoms with Crippen molar-refractivity contribution in [1.82, 2.24) is 15.3 Å². The van der Waals surface area contributed by atoms with Crippen LogP contribution in [0.15, 0.2) is 12.5 Å². The summed E-state index contributed by atoms with van der Waals surface area (Å²) in [5.74, 6) is -0.991. The lowest BCUT2D eigenvalue weighted by atomic mass is 9.82. The fraction of sp³-hybridized carbons (Fsp3) is 0.615. The lowest BCUT2D eigenvalue weighted by Crippen LogP contribution is -2.36. The summed E-state index contributed by atoms with van der Waals surface area (Å²) in [6.45, 7) is 5.10. The molecule has 1 aliphatic heterocycles. The van der Waals surface area contributed by atoms with Crippen molar-refractivity contribution < 1.29 is 14.6 Å². The van der Waals surface area contributed by atoms with Crippen LogP contribution in [0.3, 0.4) is 0 Å². The Morgan fingerprint density at radius 2 is 2.26 bits per heavy atom. The molecule has 19 heavy (non-hydrogen) atoms. The van der Waals surface area contributed by atoms with E-state index in [-0.39, 0.29) is 11.0 Å². The largest absolute Gasteiger partial charge is 0.478 e. The Kier molecular flexibility index (Phi) is 4.44. The third-order valence-electron chi connectivity index (χ3n) is 3.57. The number of carboxylic acid groups (broad SMARTS) is 1. The van der Waals surface area contributed by atoms with Gasteiger partial charge in [0, 0.05) is 32.5 Å². The van der Waals surface area contributed by atoms with Gasteiger partial charge >= 0.3 is 5.97 Å². The number of ether oxygens (including phenoxy) is 1. The van der Waals surface area contributed by atoms with Crippen LogP contribution >= 0.6 is 0 Å². The quantitative estimate of drug-likeness (QED) is 0.828. The highest BCUT2D eigenvalue weighted by molar-refractivity contribution is 5.88. The van der Waals surface area contributed by atoms with Gasteiger partial charge in [-0.3, -0.25) is 0 Å². The Morgan fingerprint density at radius 3 is 2.95 bits per heavy atom. The van der Waals surface area contributed by atoms with Crippen molar-refractivity contribution in [2.45, 2.75) is 26.3 Å². The molecule has 2 heterocycles. The zero-order chi connectivity index (χ0) is 13.7. The minimum Gasteiger partial charge on any atom is -0.478 e. The third kappa shape index (κ3) is 3.71. The van der Waals surface area contributed by atoms with Crippen molar-refractivity contribution in [3.8, 4) is 0 Å². The molecule has 0 spiro atoms. The van der Waals surface area contributed by atoms with Gasteiger partial charge in [-0.1, -0.05) is 6.92 Å². The van der Waals surface area contributed by atoms with Crippen LogP contribution in [0, 0.1) is 5.41 Å². The van der Waals surface area contributed by atoms with Gasteiger partial charge < -0.3 is 15.2 Å². The second kappa shape index (κ2) is 6.08. The molecule has 1 aromatic rings. The maximum Gasteiger partial charge on any atom is 0.339 e. The smallest absolute Gasteiger partial charge is 0.339 e. The molecule has 0 radical (unpaired) electrons. The van der Waals surface area contributed by atoms with E-state index >= 15 is 0 Å². The number of hydrogen-bond acceptors (Lipinski definition) is 5. The first-order valence-corrected chi connectivity index (χ1v) is 6.41. The molecule has 0 bridgehead atoms. The van der Waals surface area contributed by atoms with Gasteiger partial charge in [-0.15, -0.1) is 0 Å². The first-order chi connectivity index (χ1) is 9.11. The van der Waals surface area contributed by atoms with Crippen LogP contribution in [0.1, 0.15) is 35.8 Å². The van der Waals surface area contributed by atoms with Gasteiger partial charge in [0.1, 0.15) is 11.9 Å². The molecule has 1 fully saturated rings. The molecule has 1 aromatic heterocycles. The van der Waals surface area contributed by atoms with E-state index in [1.807, 2.05) is 0 Å². The Balaban J connectivity index is 1.90. The number of aromatic carboxylic acids is 1. The lowest BCUT2D eigenvalue weighted by Gasteiger charge is -2.33. The molecular formula is C13H19N3O3. The molecule has 2 N–H and O–H groups in total. The van der Waals surface area contributed by atoms with Gasteiger partial charge in [0.05, 0.1) is 5.69 Å². The average Bonchev–Trinajstić information content (AvgIpc) is 2.40. The number of hydrogen-bond donors (Lipinski definition) is 2. The summed E-state index contributed by atoms with van der Waals surface area (Å²) in [6, 6.07) is 0. The molecule has 0 aromatic carbocycles. The van der Waals surface area contributed by atoms with Crippen LogP contribution in [0.2, 0.25) is 0 Å². The summed E-state index contributed by atoms with van der Waals surface area (Å²) in [5.41, 5.74) is 0.902. The zero-order valence-corrected chi connectivity index (χ0v) is 11.1. The van der Waals surface area contributed by atoms with Gasteiger partial charge in [-0.25, -0.2) is 14.8 Å². The second-order valence-electron chi connectivity index (χ2n) is 5.21. The summed E-state index contributed by atoms with van der Waals surface area (Å²) in [7, 11) is 0. The van der Waals surface area contributed by atoms with Crippen molar-refractivity contribution in [2.24, 2.45) is 5.41 Å². The summed E-state index contributed by atoms with van der Waals surface area (Å²) >= 11 is 0. The second-order valence-corrected chi connectivity index (χ2v) is 5.21. The van der Waals surface area contributed by atoms with Crippen molar-refractivity contribution in [1.29, 1.82) is 0 Å². The van der Waals surface area contributed by atoms with E-state index in [9.17, 15) is 4.79 Å². The molecule has 0 unspecified atom stereocenters. The minimum atomic E-state index is -0.991. The van der Waals surface area contributed by atoms with E-state index in [1.54, 1.807) is 0 Å². The first kappa shape index (κ1) is 13.9. The van der Waals surface area contributed by atoms with E-state index in [2.05, 4.69) is 22.2 Å². The van der Waals surface area contributed by atoms with Crippen LogP contribution in [0.5, 0.6) is 0 Å². The molecule has 0 atom stereocenters. The van der Waals surface area contributed by atoms with Crippen molar-refractivity contribution in [3.63, 3.8) is 0 Å². The molecule has 1 saturated heterocycles. The van der Waals surface area contributed by atoms with E-state index in [4.69, 9.17) is 9.84 Å². The number of carboxylic acids is 1. The average molecular weight is 265 g/mol. The van der Waals surface area contributed by atoms with Gasteiger partial charge in [-0.05, 0) is 18.3 Å². The topological polar surface area (TPSA) is 84.3 Å². The Hall–Kier alpha value is -1.53. The summed E-state index contributed by atoms with van der Waals surface area (Å²) in [5, 5.41) is 12.3. The molecule has 0 amide bonds. The van der Waals surface area contributed by atoms with Crippen LogP contribution in [-0.2, 0) is 11.3 Å². The zero-order valence-electron chi connectivity index (χ0n) is 11.1. The molecule has 6 heteroatoms. The maximum absolute atomic E-state index is 11.0. The summed E-state index contributed by atoms with van der Waals surface area (Å²) in [6.07, 6.45) is 4.76. The van der Waals surface area contributed by atoms with E-state index in [0.717, 1.165) is 32.6 Å². The van der Waals surface area contributed by atoms with Crippen LogP contribution in [0.4, 0.5) is 0 Å². The molecule has 1 aliphatic rings. The fourth-order valence-corrected chi connectivity index (χ4v) is 2.20. The molecule has 0 saturated carbocycles. The van der Waals surface area contributed by atoms with Gasteiger partial charge in [0.2, 0.25) is 0 Å². The highest BCUT2D eigenvalue weighted by atomic mass is 16.5. The Morgan fingerprint density at radius 1 is 1.53 bits per heavy atom. The molecule has 2 rings (SSSR count). The van der Waals surface area contributed by atoms with Gasteiger partial charge in [0.25, 0.3) is 0 Å². The SMILES string of the molecule is CC1(CNCc2ncncc2C(=O)O)CCOCC1. The number of aromatic nitrogens is 2. The van der Waals surface area contributed by atoms with Crippen molar-refractivity contribution in [2.75, 3.05) is 19.8 Å². The molecule has 0 aliphatic carbocycles. The van der Waals surface area contributed by atoms with E-state index in [0.29, 0.717) is 12.2 Å². The fourth-order valence-electron chi connectivity index (χ4n) is 2.20. The standard InChI is InChI=1S/C13H19N3O3/c1-13(2-4-19-5-3-13)8-14-7-11-10(12(17)18)6-15-9-16-11/h6,9,14H,2-5,7-8H2,1H3,(H,17,18).